The van der Waals surface area contributed by atoms with Crippen LogP contribution in [0.2, 0.25) is 0 Å². The second-order valence-corrected chi connectivity index (χ2v) is 5.27. The molecule has 0 aliphatic rings. The molecule has 0 atom stereocenters. The summed E-state index contributed by atoms with van der Waals surface area (Å²) in [5.74, 6) is -0.339. The first-order valence-electron chi connectivity index (χ1n) is 7.83. The third-order valence-corrected chi connectivity index (χ3v) is 3.40. The molecule has 0 saturated heterocycles. The van der Waals surface area contributed by atoms with Crippen LogP contribution in [0, 0.1) is 0 Å². The molecule has 0 unspecified atom stereocenters. The highest BCUT2D eigenvalue weighted by Crippen LogP contribution is 2.13. The standard InChI is InChI=1S/C20H15N3O3/c24-19(17-7-4-12-21-14-17)23-22-13-15-8-10-18(11-9-15)26-20(25)16-5-2-1-3-6-16/h1-14H,(H,23,24)/b22-13+. The van der Waals surface area contributed by atoms with Crippen molar-refractivity contribution in [3.05, 3.63) is 95.8 Å². The van der Waals surface area contributed by atoms with E-state index >= 15 is 0 Å². The fraction of sp³-hybridized carbons (Fsp3) is 0. The smallest absolute Gasteiger partial charge is 0.343 e. The van der Waals surface area contributed by atoms with Crippen molar-refractivity contribution in [1.82, 2.24) is 10.4 Å². The fourth-order valence-electron chi connectivity index (χ4n) is 2.09. The molecule has 3 rings (SSSR count). The maximum atomic E-state index is 12.0. The summed E-state index contributed by atoms with van der Waals surface area (Å²) in [4.78, 5) is 27.7. The van der Waals surface area contributed by atoms with Crippen LogP contribution >= 0.6 is 0 Å². The van der Waals surface area contributed by atoms with Gasteiger partial charge in [0.1, 0.15) is 5.75 Å². The Bertz CT molecular complexity index is 908. The summed E-state index contributed by atoms with van der Waals surface area (Å²) >= 11 is 0. The molecule has 6 heteroatoms. The van der Waals surface area contributed by atoms with Crippen molar-refractivity contribution < 1.29 is 14.3 Å². The average molecular weight is 345 g/mol. The number of benzene rings is 2. The number of ether oxygens (including phenoxy) is 1. The lowest BCUT2D eigenvalue weighted by molar-refractivity contribution is 0.0734. The van der Waals surface area contributed by atoms with E-state index in [1.165, 1.54) is 12.4 Å². The SMILES string of the molecule is O=C(N/N=C/c1ccc(OC(=O)c2ccccc2)cc1)c1cccnc1. The van der Waals surface area contributed by atoms with E-state index < -0.39 is 5.97 Å². The largest absolute Gasteiger partial charge is 0.423 e. The van der Waals surface area contributed by atoms with Gasteiger partial charge in [-0.15, -0.1) is 0 Å². The Morgan fingerprint density at radius 3 is 2.35 bits per heavy atom. The molecule has 6 nitrogen and oxygen atoms in total. The third-order valence-electron chi connectivity index (χ3n) is 3.40. The Kier molecular flexibility index (Phi) is 5.47. The van der Waals surface area contributed by atoms with Crippen molar-refractivity contribution in [2.24, 2.45) is 5.10 Å². The van der Waals surface area contributed by atoms with Crippen molar-refractivity contribution in [1.29, 1.82) is 0 Å². The number of pyridine rings is 1. The quantitative estimate of drug-likeness (QED) is 0.333. The molecular formula is C20H15N3O3. The summed E-state index contributed by atoms with van der Waals surface area (Å²) < 4.78 is 5.30. The lowest BCUT2D eigenvalue weighted by Gasteiger charge is -2.04. The van der Waals surface area contributed by atoms with Crippen LogP contribution in [0.25, 0.3) is 0 Å². The van der Waals surface area contributed by atoms with E-state index in [-0.39, 0.29) is 5.91 Å². The number of aromatic nitrogens is 1. The number of carbonyl (C=O) groups excluding carboxylic acids is 2. The van der Waals surface area contributed by atoms with Crippen molar-refractivity contribution >= 4 is 18.1 Å². The highest BCUT2D eigenvalue weighted by Gasteiger charge is 2.07. The molecule has 0 aliphatic carbocycles. The molecule has 1 heterocycles. The van der Waals surface area contributed by atoms with E-state index in [0.717, 1.165) is 5.56 Å². The Morgan fingerprint density at radius 2 is 1.65 bits per heavy atom. The van der Waals surface area contributed by atoms with E-state index in [4.69, 9.17) is 4.74 Å². The molecule has 128 valence electrons. The number of nitrogens with zero attached hydrogens (tertiary/aromatic N) is 2. The number of hydrogen-bond donors (Lipinski definition) is 1. The second-order valence-electron chi connectivity index (χ2n) is 5.27. The van der Waals surface area contributed by atoms with Crippen LogP contribution in [0.15, 0.2) is 84.2 Å². The number of amides is 1. The van der Waals surface area contributed by atoms with Crippen LogP contribution in [-0.4, -0.2) is 23.1 Å². The maximum Gasteiger partial charge on any atom is 0.343 e. The average Bonchev–Trinajstić information content (AvgIpc) is 2.70. The minimum atomic E-state index is -0.421. The van der Waals surface area contributed by atoms with Crippen LogP contribution < -0.4 is 10.2 Å². The van der Waals surface area contributed by atoms with Crippen molar-refractivity contribution in [3.63, 3.8) is 0 Å². The summed E-state index contributed by atoms with van der Waals surface area (Å²) in [5.41, 5.74) is 4.07. The topological polar surface area (TPSA) is 80.6 Å². The number of esters is 1. The molecule has 1 N–H and O–H groups in total. The van der Waals surface area contributed by atoms with Gasteiger partial charge in [-0.2, -0.15) is 5.10 Å². The van der Waals surface area contributed by atoms with Crippen LogP contribution in [0.4, 0.5) is 0 Å². The molecule has 0 bridgehead atoms. The van der Waals surface area contributed by atoms with E-state index in [1.54, 1.807) is 66.9 Å². The van der Waals surface area contributed by atoms with E-state index in [1.807, 2.05) is 6.07 Å². The molecule has 3 aromatic rings. The minimum Gasteiger partial charge on any atom is -0.423 e. The van der Waals surface area contributed by atoms with Crippen LogP contribution in [0.3, 0.4) is 0 Å². The van der Waals surface area contributed by atoms with Crippen LogP contribution in [-0.2, 0) is 0 Å². The van der Waals surface area contributed by atoms with Gasteiger partial charge in [-0.1, -0.05) is 18.2 Å². The molecular weight excluding hydrogens is 330 g/mol. The van der Waals surface area contributed by atoms with E-state index in [9.17, 15) is 9.59 Å². The first-order valence-corrected chi connectivity index (χ1v) is 7.83. The zero-order valence-electron chi connectivity index (χ0n) is 13.7. The van der Waals surface area contributed by atoms with Gasteiger partial charge in [0.15, 0.2) is 0 Å². The first kappa shape index (κ1) is 17.0. The summed E-state index contributed by atoms with van der Waals surface area (Å²) in [5, 5.41) is 3.90. The minimum absolute atomic E-state index is 0.345. The third kappa shape index (κ3) is 4.61. The monoisotopic (exact) mass is 345 g/mol. The Labute approximate surface area is 150 Å². The molecule has 0 fully saturated rings. The Hall–Kier alpha value is -3.80. The van der Waals surface area contributed by atoms with Crippen molar-refractivity contribution in [2.75, 3.05) is 0 Å². The zero-order chi connectivity index (χ0) is 18.2. The van der Waals surface area contributed by atoms with Gasteiger partial charge in [0, 0.05) is 12.4 Å². The molecule has 1 amide bonds. The van der Waals surface area contributed by atoms with Crippen LogP contribution in [0.1, 0.15) is 26.3 Å². The van der Waals surface area contributed by atoms with E-state index in [2.05, 4.69) is 15.5 Å². The number of hydrogen-bond acceptors (Lipinski definition) is 5. The van der Waals surface area contributed by atoms with Gasteiger partial charge in [0.05, 0.1) is 17.3 Å². The van der Waals surface area contributed by atoms with Gasteiger partial charge in [0.2, 0.25) is 0 Å². The van der Waals surface area contributed by atoms with Crippen molar-refractivity contribution in [3.8, 4) is 5.75 Å². The molecule has 0 spiro atoms. The molecule has 1 aromatic heterocycles. The van der Waals surface area contributed by atoms with Crippen LogP contribution in [0.5, 0.6) is 5.75 Å². The molecule has 2 aromatic carbocycles. The predicted molar refractivity (Wildman–Crippen MR) is 97.1 cm³/mol. The lowest BCUT2D eigenvalue weighted by Crippen LogP contribution is -2.17. The normalized spacial score (nSPS) is 10.5. The molecule has 0 radical (unpaired) electrons. The number of carbonyl (C=O) groups is 2. The Balaban J connectivity index is 1.56. The molecule has 26 heavy (non-hydrogen) atoms. The summed E-state index contributed by atoms with van der Waals surface area (Å²) in [6, 6.07) is 18.9. The second kappa shape index (κ2) is 8.34. The van der Waals surface area contributed by atoms with Gasteiger partial charge in [-0.25, -0.2) is 10.2 Å². The predicted octanol–water partition coefficient (Wildman–Crippen LogP) is 3.06. The number of hydrazone groups is 1. The van der Waals surface area contributed by atoms with E-state index in [0.29, 0.717) is 16.9 Å². The zero-order valence-corrected chi connectivity index (χ0v) is 13.7. The Morgan fingerprint density at radius 1 is 0.923 bits per heavy atom. The summed E-state index contributed by atoms with van der Waals surface area (Å²) in [7, 11) is 0. The highest BCUT2D eigenvalue weighted by atomic mass is 16.5. The van der Waals surface area contributed by atoms with Gasteiger partial charge in [-0.3, -0.25) is 9.78 Å². The van der Waals surface area contributed by atoms with Gasteiger partial charge >= 0.3 is 5.97 Å². The van der Waals surface area contributed by atoms with Gasteiger partial charge in [-0.05, 0) is 54.1 Å². The van der Waals surface area contributed by atoms with Gasteiger partial charge < -0.3 is 4.74 Å². The summed E-state index contributed by atoms with van der Waals surface area (Å²) in [6.07, 6.45) is 4.55. The fourth-order valence-corrected chi connectivity index (χ4v) is 2.09. The lowest BCUT2D eigenvalue weighted by atomic mass is 10.2. The summed E-state index contributed by atoms with van der Waals surface area (Å²) in [6.45, 7) is 0. The first-order chi connectivity index (χ1) is 12.7. The number of nitrogens with one attached hydrogen (secondary N) is 1. The van der Waals surface area contributed by atoms with Gasteiger partial charge in [0.25, 0.3) is 5.91 Å². The highest BCUT2D eigenvalue weighted by molar-refractivity contribution is 5.94. The molecule has 0 aliphatic heterocycles. The molecule has 0 saturated carbocycles. The maximum absolute atomic E-state index is 12.0. The van der Waals surface area contributed by atoms with Crippen molar-refractivity contribution in [2.45, 2.75) is 0 Å². The number of rotatable bonds is 5.